The first kappa shape index (κ1) is 14.0. The zero-order valence-electron chi connectivity index (χ0n) is 12.0. The van der Waals surface area contributed by atoms with Gasteiger partial charge in [0.05, 0.1) is 11.7 Å². The molecule has 108 valence electrons. The van der Waals surface area contributed by atoms with Crippen molar-refractivity contribution in [2.75, 3.05) is 13.6 Å². The van der Waals surface area contributed by atoms with E-state index in [2.05, 4.69) is 39.9 Å². The predicted octanol–water partition coefficient (Wildman–Crippen LogP) is 4.03. The van der Waals surface area contributed by atoms with Crippen LogP contribution >= 0.6 is 11.3 Å². The van der Waals surface area contributed by atoms with Crippen LogP contribution in [0.4, 0.5) is 0 Å². The number of hydrogen-bond donors (Lipinski definition) is 1. The quantitative estimate of drug-likeness (QED) is 0.746. The summed E-state index contributed by atoms with van der Waals surface area (Å²) < 4.78 is 6.18. The van der Waals surface area contributed by atoms with Crippen molar-refractivity contribution >= 4 is 22.2 Å². The fraction of sp³-hybridized carbons (Fsp3) is 0.235. The first-order valence-corrected chi connectivity index (χ1v) is 7.94. The summed E-state index contributed by atoms with van der Waals surface area (Å²) in [6.45, 7) is 0.920. The Kier molecular flexibility index (Phi) is 4.48. The number of hydrogen-bond acceptors (Lipinski definition) is 4. The molecule has 1 N–H and O–H groups in total. The molecule has 2 heterocycles. The zero-order valence-corrected chi connectivity index (χ0v) is 12.8. The van der Waals surface area contributed by atoms with Gasteiger partial charge in [-0.1, -0.05) is 24.3 Å². The molecule has 2 aromatic heterocycles. The first-order chi connectivity index (χ1) is 10.4. The monoisotopic (exact) mass is 298 g/mol. The summed E-state index contributed by atoms with van der Waals surface area (Å²) in [5.41, 5.74) is 0.993. The van der Waals surface area contributed by atoms with Crippen molar-refractivity contribution in [1.82, 2.24) is 10.3 Å². The number of pyridine rings is 1. The van der Waals surface area contributed by atoms with Crippen molar-refractivity contribution in [2.24, 2.45) is 0 Å². The minimum Gasteiger partial charge on any atom is -0.483 e. The molecule has 0 bridgehead atoms. The molecule has 0 aliphatic carbocycles. The number of aromatic nitrogens is 1. The van der Waals surface area contributed by atoms with E-state index in [-0.39, 0.29) is 6.10 Å². The molecule has 0 saturated heterocycles. The van der Waals surface area contributed by atoms with Crippen molar-refractivity contribution < 1.29 is 4.74 Å². The smallest absolute Gasteiger partial charge is 0.139 e. The van der Waals surface area contributed by atoms with Crippen LogP contribution < -0.4 is 10.1 Å². The number of fused-ring (bicyclic) bond motifs is 1. The van der Waals surface area contributed by atoms with E-state index in [9.17, 15) is 0 Å². The number of nitrogens with zero attached hydrogens (tertiary/aromatic N) is 1. The average Bonchev–Trinajstić information content (AvgIpc) is 3.05. The summed E-state index contributed by atoms with van der Waals surface area (Å²) in [6, 6.07) is 14.3. The molecule has 0 fully saturated rings. The molecule has 1 atom stereocenters. The fourth-order valence-electron chi connectivity index (χ4n) is 2.29. The van der Waals surface area contributed by atoms with Crippen molar-refractivity contribution in [2.45, 2.75) is 12.5 Å². The molecule has 3 rings (SSSR count). The van der Waals surface area contributed by atoms with Gasteiger partial charge in [-0.25, -0.2) is 0 Å². The van der Waals surface area contributed by atoms with Crippen molar-refractivity contribution in [3.05, 3.63) is 58.9 Å². The predicted molar refractivity (Wildman–Crippen MR) is 88.0 cm³/mol. The number of benzene rings is 1. The molecule has 3 nitrogen and oxygen atoms in total. The van der Waals surface area contributed by atoms with E-state index < -0.39 is 0 Å². The molecule has 1 aromatic carbocycles. The Balaban J connectivity index is 1.83. The largest absolute Gasteiger partial charge is 0.483 e. The Morgan fingerprint density at radius 3 is 2.95 bits per heavy atom. The number of nitrogens with one attached hydrogen (secondary N) is 1. The molecule has 0 aliphatic rings. The number of ether oxygens (including phenoxy) is 1. The summed E-state index contributed by atoms with van der Waals surface area (Å²) in [6.07, 6.45) is 2.81. The van der Waals surface area contributed by atoms with Gasteiger partial charge in [0.15, 0.2) is 0 Å². The lowest BCUT2D eigenvalue weighted by Gasteiger charge is -2.18. The topological polar surface area (TPSA) is 34.1 Å². The highest BCUT2D eigenvalue weighted by Crippen LogP contribution is 2.28. The van der Waals surface area contributed by atoms with Crippen LogP contribution in [-0.2, 0) is 0 Å². The molecule has 0 aliphatic heterocycles. The van der Waals surface area contributed by atoms with Crippen LogP contribution in [0.3, 0.4) is 0 Å². The highest BCUT2D eigenvalue weighted by Gasteiger charge is 2.14. The molecule has 0 spiro atoms. The van der Waals surface area contributed by atoms with E-state index in [0.717, 1.165) is 29.6 Å². The molecular formula is C17H18N2OS. The van der Waals surface area contributed by atoms with Gasteiger partial charge in [-0.05, 0) is 37.2 Å². The van der Waals surface area contributed by atoms with E-state index in [1.165, 1.54) is 4.88 Å². The second-order valence-corrected chi connectivity index (χ2v) is 5.86. The maximum Gasteiger partial charge on any atom is 0.139 e. The Morgan fingerprint density at radius 1 is 1.24 bits per heavy atom. The maximum absolute atomic E-state index is 6.18. The van der Waals surface area contributed by atoms with Gasteiger partial charge in [0.25, 0.3) is 0 Å². The third-order valence-electron chi connectivity index (χ3n) is 3.36. The Labute approximate surface area is 128 Å². The van der Waals surface area contributed by atoms with Gasteiger partial charge in [0.1, 0.15) is 11.9 Å². The van der Waals surface area contributed by atoms with Crippen LogP contribution in [0.2, 0.25) is 0 Å². The second-order valence-electron chi connectivity index (χ2n) is 4.88. The van der Waals surface area contributed by atoms with Gasteiger partial charge in [0.2, 0.25) is 0 Å². The molecule has 0 radical (unpaired) electrons. The third-order valence-corrected chi connectivity index (χ3v) is 4.33. The van der Waals surface area contributed by atoms with Gasteiger partial charge < -0.3 is 10.1 Å². The van der Waals surface area contributed by atoms with Gasteiger partial charge >= 0.3 is 0 Å². The summed E-state index contributed by atoms with van der Waals surface area (Å²) >= 11 is 1.73. The molecular weight excluding hydrogens is 280 g/mol. The molecule has 0 amide bonds. The van der Waals surface area contributed by atoms with Crippen LogP contribution in [0.15, 0.2) is 54.0 Å². The van der Waals surface area contributed by atoms with E-state index in [4.69, 9.17) is 4.74 Å². The normalized spacial score (nSPS) is 12.4. The van der Waals surface area contributed by atoms with Crippen LogP contribution in [0, 0.1) is 0 Å². The van der Waals surface area contributed by atoms with E-state index >= 15 is 0 Å². The van der Waals surface area contributed by atoms with Crippen molar-refractivity contribution in [1.29, 1.82) is 0 Å². The maximum atomic E-state index is 6.18. The summed E-state index contributed by atoms with van der Waals surface area (Å²) in [5.74, 6) is 0.822. The molecule has 21 heavy (non-hydrogen) atoms. The molecule has 0 saturated carbocycles. The van der Waals surface area contributed by atoms with E-state index in [1.807, 2.05) is 31.4 Å². The minimum absolute atomic E-state index is 0.0698. The van der Waals surface area contributed by atoms with Crippen LogP contribution in [0.5, 0.6) is 5.75 Å². The standard InChI is InChI=1S/C17H18N2OS/c1-18-9-8-16(17-7-4-10-21-17)20-14-11-13-5-2-3-6-15(13)19-12-14/h2-7,10-12,16,18H,8-9H2,1H3/t16-/m0/s1. The highest BCUT2D eigenvalue weighted by molar-refractivity contribution is 7.10. The third kappa shape index (κ3) is 3.40. The summed E-state index contributed by atoms with van der Waals surface area (Å²) in [4.78, 5) is 5.71. The first-order valence-electron chi connectivity index (χ1n) is 7.06. The van der Waals surface area contributed by atoms with Gasteiger partial charge in [0, 0.05) is 16.7 Å². The van der Waals surface area contributed by atoms with Crippen molar-refractivity contribution in [3.63, 3.8) is 0 Å². The lowest BCUT2D eigenvalue weighted by molar-refractivity contribution is 0.198. The Hall–Kier alpha value is -1.91. The van der Waals surface area contributed by atoms with Crippen LogP contribution in [0.1, 0.15) is 17.4 Å². The molecule has 0 unspecified atom stereocenters. The van der Waals surface area contributed by atoms with Crippen molar-refractivity contribution in [3.8, 4) is 5.75 Å². The van der Waals surface area contributed by atoms with Gasteiger partial charge in [-0.2, -0.15) is 0 Å². The number of rotatable bonds is 6. The lowest BCUT2D eigenvalue weighted by Crippen LogP contribution is -2.15. The fourth-order valence-corrected chi connectivity index (χ4v) is 3.08. The highest BCUT2D eigenvalue weighted by atomic mass is 32.1. The minimum atomic E-state index is 0.0698. The lowest BCUT2D eigenvalue weighted by atomic mass is 10.2. The summed E-state index contributed by atoms with van der Waals surface area (Å²) in [5, 5.41) is 6.38. The number of thiophene rings is 1. The Bertz CT molecular complexity index is 697. The van der Waals surface area contributed by atoms with Gasteiger partial charge in [-0.15, -0.1) is 11.3 Å². The van der Waals surface area contributed by atoms with Crippen LogP contribution in [-0.4, -0.2) is 18.6 Å². The van der Waals surface area contributed by atoms with E-state index in [0.29, 0.717) is 0 Å². The Morgan fingerprint density at radius 2 is 2.14 bits per heavy atom. The molecule has 4 heteroatoms. The average molecular weight is 298 g/mol. The number of para-hydroxylation sites is 1. The van der Waals surface area contributed by atoms with Gasteiger partial charge in [-0.3, -0.25) is 4.98 Å². The second kappa shape index (κ2) is 6.70. The molecule has 3 aromatic rings. The SMILES string of the molecule is CNCC[C@H](Oc1cnc2ccccc2c1)c1cccs1. The summed E-state index contributed by atoms with van der Waals surface area (Å²) in [7, 11) is 1.96. The zero-order chi connectivity index (χ0) is 14.5. The van der Waals surface area contributed by atoms with E-state index in [1.54, 1.807) is 11.3 Å². The van der Waals surface area contributed by atoms with Crippen LogP contribution in [0.25, 0.3) is 10.9 Å².